The van der Waals surface area contributed by atoms with Crippen molar-refractivity contribution >= 4 is 0 Å². The van der Waals surface area contributed by atoms with Crippen LogP contribution in [0.3, 0.4) is 0 Å². The highest BCUT2D eigenvalue weighted by Crippen LogP contribution is 2.27. The van der Waals surface area contributed by atoms with Crippen LogP contribution in [0, 0.1) is 5.82 Å². The molecule has 2 aliphatic heterocycles. The third-order valence-electron chi connectivity index (χ3n) is 4.85. The van der Waals surface area contributed by atoms with E-state index in [0.717, 1.165) is 38.0 Å². The molecule has 2 saturated heterocycles. The highest BCUT2D eigenvalue weighted by Gasteiger charge is 2.30. The lowest BCUT2D eigenvalue weighted by Gasteiger charge is -2.37. The highest BCUT2D eigenvalue weighted by molar-refractivity contribution is 5.58. The largest absolute Gasteiger partial charge is 0.460 e. The second kappa shape index (κ2) is 5.86. The van der Waals surface area contributed by atoms with Gasteiger partial charge in [-0.15, -0.1) is 0 Å². The molecule has 0 amide bonds. The standard InChI is InChI=1S/C18H21FN2O/c19-17-6-2-1-5-16(17)18-8-7-15(22-18)13-20-10-11-21-9-3-4-14(21)12-20/h1-2,5-8,14H,3-4,9-13H2. The molecule has 2 fully saturated rings. The van der Waals surface area contributed by atoms with Gasteiger partial charge in [-0.25, -0.2) is 4.39 Å². The Bertz CT molecular complexity index is 654. The van der Waals surface area contributed by atoms with Gasteiger partial charge in [0.1, 0.15) is 17.3 Å². The van der Waals surface area contributed by atoms with Crippen molar-refractivity contribution in [3.8, 4) is 11.3 Å². The number of rotatable bonds is 3. The van der Waals surface area contributed by atoms with Crippen LogP contribution in [0.2, 0.25) is 0 Å². The zero-order valence-electron chi connectivity index (χ0n) is 12.7. The van der Waals surface area contributed by atoms with Crippen LogP contribution in [0.15, 0.2) is 40.8 Å². The van der Waals surface area contributed by atoms with Crippen LogP contribution in [-0.2, 0) is 6.54 Å². The van der Waals surface area contributed by atoms with Crippen LogP contribution in [0.1, 0.15) is 18.6 Å². The monoisotopic (exact) mass is 300 g/mol. The van der Waals surface area contributed by atoms with E-state index in [9.17, 15) is 4.39 Å². The molecule has 0 aliphatic carbocycles. The lowest BCUT2D eigenvalue weighted by molar-refractivity contribution is 0.0943. The molecule has 0 radical (unpaired) electrons. The predicted molar refractivity (Wildman–Crippen MR) is 84.0 cm³/mol. The summed E-state index contributed by atoms with van der Waals surface area (Å²) in [5.41, 5.74) is 0.536. The van der Waals surface area contributed by atoms with E-state index in [1.54, 1.807) is 12.1 Å². The van der Waals surface area contributed by atoms with Crippen molar-refractivity contribution in [2.45, 2.75) is 25.4 Å². The van der Waals surface area contributed by atoms with Crippen LogP contribution in [0.5, 0.6) is 0 Å². The SMILES string of the molecule is Fc1ccccc1-c1ccc(CN2CCN3CCCC3C2)o1. The van der Waals surface area contributed by atoms with Gasteiger partial charge in [0, 0.05) is 25.7 Å². The third kappa shape index (κ3) is 2.69. The van der Waals surface area contributed by atoms with Gasteiger partial charge in [0.25, 0.3) is 0 Å². The van der Waals surface area contributed by atoms with Crippen LogP contribution >= 0.6 is 0 Å². The van der Waals surface area contributed by atoms with Crippen molar-refractivity contribution in [1.82, 2.24) is 9.80 Å². The molecule has 0 saturated carbocycles. The minimum Gasteiger partial charge on any atom is -0.460 e. The van der Waals surface area contributed by atoms with Gasteiger partial charge in [-0.1, -0.05) is 12.1 Å². The molecular weight excluding hydrogens is 279 g/mol. The number of nitrogens with zero attached hydrogens (tertiary/aromatic N) is 2. The van der Waals surface area contributed by atoms with Gasteiger partial charge in [-0.3, -0.25) is 9.80 Å². The van der Waals surface area contributed by atoms with Crippen LogP contribution in [-0.4, -0.2) is 42.0 Å². The molecule has 4 heteroatoms. The van der Waals surface area contributed by atoms with Crippen molar-refractivity contribution in [3.63, 3.8) is 0 Å². The molecule has 3 nitrogen and oxygen atoms in total. The topological polar surface area (TPSA) is 19.6 Å². The zero-order chi connectivity index (χ0) is 14.9. The molecule has 4 rings (SSSR count). The molecular formula is C18H21FN2O. The number of hydrogen-bond acceptors (Lipinski definition) is 3. The normalized spacial score (nSPS) is 22.9. The highest BCUT2D eigenvalue weighted by atomic mass is 19.1. The smallest absolute Gasteiger partial charge is 0.137 e. The maximum atomic E-state index is 13.8. The Morgan fingerprint density at radius 2 is 2.00 bits per heavy atom. The molecule has 2 aromatic rings. The summed E-state index contributed by atoms with van der Waals surface area (Å²) < 4.78 is 19.7. The summed E-state index contributed by atoms with van der Waals surface area (Å²) in [5, 5.41) is 0. The lowest BCUT2D eigenvalue weighted by Crippen LogP contribution is -2.49. The average molecular weight is 300 g/mol. The van der Waals surface area contributed by atoms with Crippen molar-refractivity contribution in [3.05, 3.63) is 48.0 Å². The van der Waals surface area contributed by atoms with E-state index in [1.807, 2.05) is 18.2 Å². The fourth-order valence-corrected chi connectivity index (χ4v) is 3.69. The Hall–Kier alpha value is -1.65. The summed E-state index contributed by atoms with van der Waals surface area (Å²) in [4.78, 5) is 5.06. The van der Waals surface area contributed by atoms with Gasteiger partial charge >= 0.3 is 0 Å². The first-order valence-electron chi connectivity index (χ1n) is 8.09. The van der Waals surface area contributed by atoms with Gasteiger partial charge in [-0.2, -0.15) is 0 Å². The minimum atomic E-state index is -0.233. The van der Waals surface area contributed by atoms with E-state index in [1.165, 1.54) is 25.5 Å². The fraction of sp³-hybridized carbons (Fsp3) is 0.444. The number of fused-ring (bicyclic) bond motifs is 1. The molecule has 0 spiro atoms. The van der Waals surface area contributed by atoms with Crippen molar-refractivity contribution in [2.24, 2.45) is 0 Å². The summed E-state index contributed by atoms with van der Waals surface area (Å²) >= 11 is 0. The summed E-state index contributed by atoms with van der Waals surface area (Å²) in [5.74, 6) is 1.31. The Morgan fingerprint density at radius 3 is 2.91 bits per heavy atom. The Morgan fingerprint density at radius 1 is 1.09 bits per heavy atom. The quantitative estimate of drug-likeness (QED) is 0.866. The zero-order valence-corrected chi connectivity index (χ0v) is 12.7. The van der Waals surface area contributed by atoms with Gasteiger partial charge in [0.2, 0.25) is 0 Å². The number of furan rings is 1. The predicted octanol–water partition coefficient (Wildman–Crippen LogP) is 3.37. The Balaban J connectivity index is 1.45. The first-order valence-corrected chi connectivity index (χ1v) is 8.09. The van der Waals surface area contributed by atoms with Crippen LogP contribution < -0.4 is 0 Å². The molecule has 0 bridgehead atoms. The second-order valence-corrected chi connectivity index (χ2v) is 6.31. The number of halogens is 1. The molecule has 3 heterocycles. The number of benzene rings is 1. The van der Waals surface area contributed by atoms with Gasteiger partial charge in [0.05, 0.1) is 12.1 Å². The van der Waals surface area contributed by atoms with E-state index < -0.39 is 0 Å². The van der Waals surface area contributed by atoms with E-state index >= 15 is 0 Å². The van der Waals surface area contributed by atoms with Crippen LogP contribution in [0.4, 0.5) is 4.39 Å². The van der Waals surface area contributed by atoms with Crippen molar-refractivity contribution in [1.29, 1.82) is 0 Å². The van der Waals surface area contributed by atoms with Crippen LogP contribution in [0.25, 0.3) is 11.3 Å². The molecule has 1 aromatic heterocycles. The third-order valence-corrected chi connectivity index (χ3v) is 4.85. The summed E-state index contributed by atoms with van der Waals surface area (Å²) in [7, 11) is 0. The Labute approximate surface area is 130 Å². The van der Waals surface area contributed by atoms with E-state index in [0.29, 0.717) is 11.3 Å². The summed E-state index contributed by atoms with van der Waals surface area (Å²) in [6.45, 7) is 5.45. The lowest BCUT2D eigenvalue weighted by atomic mass is 10.1. The Kier molecular flexibility index (Phi) is 3.72. The number of hydrogen-bond donors (Lipinski definition) is 0. The molecule has 0 N–H and O–H groups in total. The first-order chi connectivity index (χ1) is 10.8. The molecule has 22 heavy (non-hydrogen) atoms. The molecule has 1 unspecified atom stereocenters. The second-order valence-electron chi connectivity index (χ2n) is 6.31. The molecule has 2 aliphatic rings. The maximum absolute atomic E-state index is 13.8. The van der Waals surface area contributed by atoms with Gasteiger partial charge < -0.3 is 4.42 Å². The molecule has 116 valence electrons. The minimum absolute atomic E-state index is 0.233. The first kappa shape index (κ1) is 14.0. The van der Waals surface area contributed by atoms with E-state index in [2.05, 4.69) is 9.80 Å². The van der Waals surface area contributed by atoms with Gasteiger partial charge in [0.15, 0.2) is 0 Å². The molecule has 1 aromatic carbocycles. The summed E-state index contributed by atoms with van der Waals surface area (Å²) in [6, 6.07) is 11.3. The average Bonchev–Trinajstić information content (AvgIpc) is 3.16. The van der Waals surface area contributed by atoms with Gasteiger partial charge in [-0.05, 0) is 43.7 Å². The molecule has 1 atom stereocenters. The van der Waals surface area contributed by atoms with Crippen molar-refractivity contribution < 1.29 is 8.81 Å². The summed E-state index contributed by atoms with van der Waals surface area (Å²) in [6.07, 6.45) is 2.64. The van der Waals surface area contributed by atoms with E-state index in [-0.39, 0.29) is 5.82 Å². The fourth-order valence-electron chi connectivity index (χ4n) is 3.69. The van der Waals surface area contributed by atoms with E-state index in [4.69, 9.17) is 4.42 Å². The van der Waals surface area contributed by atoms with Crippen molar-refractivity contribution in [2.75, 3.05) is 26.2 Å². The number of piperazine rings is 1. The maximum Gasteiger partial charge on any atom is 0.137 e.